The van der Waals surface area contributed by atoms with Crippen LogP contribution < -0.4 is 10.6 Å². The molecule has 132 valence electrons. The van der Waals surface area contributed by atoms with Crippen LogP contribution in [0.4, 0.5) is 5.82 Å². The van der Waals surface area contributed by atoms with Crippen LogP contribution >= 0.6 is 36.6 Å². The number of pyridine rings is 1. The van der Waals surface area contributed by atoms with Crippen molar-refractivity contribution in [3.8, 4) is 0 Å². The summed E-state index contributed by atoms with van der Waals surface area (Å²) in [4.78, 5) is 17.9. The molecule has 6 nitrogen and oxygen atoms in total. The molecule has 0 unspecified atom stereocenters. The Morgan fingerprint density at radius 3 is 2.71 bits per heavy atom. The van der Waals surface area contributed by atoms with Gasteiger partial charge in [0.25, 0.3) is 0 Å². The average Bonchev–Trinajstić information content (AvgIpc) is 3.16. The molecule has 2 atom stereocenters. The first-order chi connectivity index (χ1) is 10.7. The standard InChI is InChI=1S/C15H19N5OS.2ClH/c1-20-9-10(5-18-20)12-7-16-8-13(12)15(21)19-14-4-3-11(22-2)6-17-14;;/h3-6,9,12-13,16H,7-8H2,1-2H3,(H,17,19,21);2*1H/t12-,13+;;/m1../s1. The minimum absolute atomic E-state index is 0. The van der Waals surface area contributed by atoms with Crippen molar-refractivity contribution in [2.45, 2.75) is 10.8 Å². The zero-order valence-corrected chi connectivity index (χ0v) is 15.9. The summed E-state index contributed by atoms with van der Waals surface area (Å²) >= 11 is 1.63. The summed E-state index contributed by atoms with van der Waals surface area (Å²) < 4.78 is 1.77. The molecule has 3 rings (SSSR count). The number of aromatic nitrogens is 3. The number of hydrogen-bond donors (Lipinski definition) is 2. The lowest BCUT2D eigenvalue weighted by molar-refractivity contribution is -0.119. The van der Waals surface area contributed by atoms with E-state index in [9.17, 15) is 4.79 Å². The average molecular weight is 390 g/mol. The molecule has 1 amide bonds. The van der Waals surface area contributed by atoms with Crippen LogP contribution in [0.15, 0.2) is 35.6 Å². The van der Waals surface area contributed by atoms with E-state index >= 15 is 0 Å². The number of nitrogens with zero attached hydrogens (tertiary/aromatic N) is 3. The van der Waals surface area contributed by atoms with Gasteiger partial charge in [0.05, 0.1) is 12.1 Å². The van der Waals surface area contributed by atoms with E-state index in [4.69, 9.17) is 0 Å². The highest BCUT2D eigenvalue weighted by molar-refractivity contribution is 7.98. The maximum Gasteiger partial charge on any atom is 0.230 e. The molecule has 3 heterocycles. The van der Waals surface area contributed by atoms with Crippen LogP contribution in [0.2, 0.25) is 0 Å². The second-order valence-corrected chi connectivity index (χ2v) is 6.27. The summed E-state index contributed by atoms with van der Waals surface area (Å²) in [5.41, 5.74) is 1.10. The van der Waals surface area contributed by atoms with E-state index in [0.717, 1.165) is 17.0 Å². The predicted octanol–water partition coefficient (Wildman–Crippen LogP) is 2.32. The quantitative estimate of drug-likeness (QED) is 0.784. The van der Waals surface area contributed by atoms with Crippen molar-refractivity contribution in [2.75, 3.05) is 24.7 Å². The van der Waals surface area contributed by atoms with Gasteiger partial charge in [-0.2, -0.15) is 5.10 Å². The lowest BCUT2D eigenvalue weighted by atomic mass is 9.90. The first-order valence-corrected chi connectivity index (χ1v) is 8.40. The van der Waals surface area contributed by atoms with Crippen molar-refractivity contribution in [3.63, 3.8) is 0 Å². The zero-order chi connectivity index (χ0) is 15.5. The minimum Gasteiger partial charge on any atom is -0.315 e. The fourth-order valence-electron chi connectivity index (χ4n) is 2.73. The van der Waals surface area contributed by atoms with E-state index in [1.807, 2.05) is 37.8 Å². The third kappa shape index (κ3) is 4.63. The number of aryl methyl sites for hydroxylation is 1. The van der Waals surface area contributed by atoms with Crippen molar-refractivity contribution in [1.29, 1.82) is 0 Å². The van der Waals surface area contributed by atoms with Crippen LogP contribution in [0.25, 0.3) is 0 Å². The van der Waals surface area contributed by atoms with Gasteiger partial charge in [-0.3, -0.25) is 9.48 Å². The molecule has 1 fully saturated rings. The van der Waals surface area contributed by atoms with E-state index in [1.165, 1.54) is 0 Å². The molecule has 9 heteroatoms. The van der Waals surface area contributed by atoms with Crippen LogP contribution in [0.5, 0.6) is 0 Å². The summed E-state index contributed by atoms with van der Waals surface area (Å²) in [7, 11) is 1.89. The molecule has 0 bridgehead atoms. The van der Waals surface area contributed by atoms with Gasteiger partial charge in [-0.1, -0.05) is 0 Å². The number of thioether (sulfide) groups is 1. The third-order valence-corrected chi connectivity index (χ3v) is 4.64. The van der Waals surface area contributed by atoms with Gasteiger partial charge in [-0.15, -0.1) is 36.6 Å². The monoisotopic (exact) mass is 389 g/mol. The Hall–Kier alpha value is -1.28. The molecular weight excluding hydrogens is 369 g/mol. The Labute approximate surface area is 158 Å². The summed E-state index contributed by atoms with van der Waals surface area (Å²) in [6.07, 6.45) is 7.58. The smallest absolute Gasteiger partial charge is 0.230 e. The van der Waals surface area contributed by atoms with Gasteiger partial charge in [-0.25, -0.2) is 4.98 Å². The van der Waals surface area contributed by atoms with Gasteiger partial charge in [0.2, 0.25) is 5.91 Å². The Morgan fingerprint density at radius 1 is 1.33 bits per heavy atom. The maximum absolute atomic E-state index is 12.5. The molecular formula is C15H21Cl2N5OS. The highest BCUT2D eigenvalue weighted by Gasteiger charge is 2.34. The summed E-state index contributed by atoms with van der Waals surface area (Å²) in [5.74, 6) is 0.647. The van der Waals surface area contributed by atoms with Gasteiger partial charge in [0.1, 0.15) is 5.82 Å². The van der Waals surface area contributed by atoms with Gasteiger partial charge >= 0.3 is 0 Å². The normalized spacial score (nSPS) is 19.2. The molecule has 0 saturated carbocycles. The molecule has 2 N–H and O–H groups in total. The van der Waals surface area contributed by atoms with Crippen LogP contribution in [0.3, 0.4) is 0 Å². The van der Waals surface area contributed by atoms with Gasteiger partial charge in [-0.05, 0) is 24.0 Å². The molecule has 2 aromatic rings. The highest BCUT2D eigenvalue weighted by atomic mass is 35.5. The largest absolute Gasteiger partial charge is 0.315 e. The van der Waals surface area contributed by atoms with Crippen molar-refractivity contribution in [3.05, 3.63) is 36.3 Å². The number of halogens is 2. The number of anilines is 1. The van der Waals surface area contributed by atoms with E-state index in [0.29, 0.717) is 12.4 Å². The van der Waals surface area contributed by atoms with Gasteiger partial charge in [0, 0.05) is 43.3 Å². The molecule has 24 heavy (non-hydrogen) atoms. The predicted molar refractivity (Wildman–Crippen MR) is 101 cm³/mol. The second kappa shape index (κ2) is 9.27. The molecule has 0 aromatic carbocycles. The van der Waals surface area contributed by atoms with E-state index in [1.54, 1.807) is 22.6 Å². The van der Waals surface area contributed by atoms with E-state index in [-0.39, 0.29) is 42.6 Å². The minimum atomic E-state index is -0.105. The molecule has 2 aromatic heterocycles. The Balaban J connectivity index is 0.00000144. The summed E-state index contributed by atoms with van der Waals surface area (Å²) in [5, 5.41) is 10.4. The lowest BCUT2D eigenvalue weighted by Crippen LogP contribution is -2.28. The first-order valence-electron chi connectivity index (χ1n) is 7.17. The van der Waals surface area contributed by atoms with Crippen molar-refractivity contribution in [2.24, 2.45) is 13.0 Å². The number of hydrogen-bond acceptors (Lipinski definition) is 5. The van der Waals surface area contributed by atoms with Crippen molar-refractivity contribution >= 4 is 48.3 Å². The second-order valence-electron chi connectivity index (χ2n) is 5.39. The Bertz CT molecular complexity index is 664. The van der Waals surface area contributed by atoms with E-state index < -0.39 is 0 Å². The van der Waals surface area contributed by atoms with Crippen LogP contribution in [-0.2, 0) is 11.8 Å². The highest BCUT2D eigenvalue weighted by Crippen LogP contribution is 2.28. The number of rotatable bonds is 4. The maximum atomic E-state index is 12.5. The zero-order valence-electron chi connectivity index (χ0n) is 13.4. The topological polar surface area (TPSA) is 71.8 Å². The van der Waals surface area contributed by atoms with Crippen molar-refractivity contribution in [1.82, 2.24) is 20.1 Å². The number of amides is 1. The number of carbonyl (C=O) groups is 1. The first kappa shape index (κ1) is 20.8. The van der Waals surface area contributed by atoms with Gasteiger partial charge < -0.3 is 10.6 Å². The molecule has 0 aliphatic carbocycles. The molecule has 1 aliphatic heterocycles. The molecule has 1 aliphatic rings. The summed E-state index contributed by atoms with van der Waals surface area (Å²) in [6.45, 7) is 1.47. The van der Waals surface area contributed by atoms with Crippen molar-refractivity contribution < 1.29 is 4.79 Å². The SMILES string of the molecule is CSc1ccc(NC(=O)[C@H]2CNC[C@@H]2c2cnn(C)c2)nc1.Cl.Cl. The van der Waals surface area contributed by atoms with Crippen LogP contribution in [0.1, 0.15) is 11.5 Å². The molecule has 1 saturated heterocycles. The Morgan fingerprint density at radius 2 is 2.12 bits per heavy atom. The van der Waals surface area contributed by atoms with Crippen LogP contribution in [-0.4, -0.2) is 40.0 Å². The number of carbonyl (C=O) groups excluding carboxylic acids is 1. The molecule has 0 radical (unpaired) electrons. The molecule has 0 spiro atoms. The fraction of sp³-hybridized carbons (Fsp3) is 0.400. The lowest BCUT2D eigenvalue weighted by Gasteiger charge is -2.16. The Kier molecular flexibility index (Phi) is 8.02. The van der Waals surface area contributed by atoms with Crippen LogP contribution in [0, 0.1) is 5.92 Å². The summed E-state index contributed by atoms with van der Waals surface area (Å²) in [6, 6.07) is 3.80. The van der Waals surface area contributed by atoms with Gasteiger partial charge in [0.15, 0.2) is 0 Å². The number of nitrogens with one attached hydrogen (secondary N) is 2. The fourth-order valence-corrected chi connectivity index (χ4v) is 3.09. The third-order valence-electron chi connectivity index (χ3n) is 3.93. The van der Waals surface area contributed by atoms with E-state index in [2.05, 4.69) is 20.7 Å².